The van der Waals surface area contributed by atoms with Crippen molar-refractivity contribution < 1.29 is 0 Å². The summed E-state index contributed by atoms with van der Waals surface area (Å²) in [5, 5.41) is 2.14. The fraction of sp³-hybridized carbons (Fsp3) is 0.250. The third-order valence-electron chi connectivity index (χ3n) is 11.2. The van der Waals surface area contributed by atoms with Crippen LogP contribution in [0.15, 0.2) is 163 Å². The summed E-state index contributed by atoms with van der Waals surface area (Å²) in [6, 6.07) is 55.8. The normalized spacial score (nSPS) is 11.3. The van der Waals surface area contributed by atoms with Gasteiger partial charge in [0.25, 0.3) is 0 Å². The molecule has 1 nitrogen and oxygen atoms in total. The number of nitrogens with zero attached hydrogens (tertiary/aromatic N) is 1. The van der Waals surface area contributed by atoms with Gasteiger partial charge in [-0.15, -0.1) is 0 Å². The monoisotopic (exact) mass is 804 g/mol. The van der Waals surface area contributed by atoms with Crippen LogP contribution in [0, 0.1) is 34.6 Å². The maximum absolute atomic E-state index is 4.79. The second-order valence-corrected chi connectivity index (χ2v) is 15.8. The zero-order chi connectivity index (χ0) is 44.5. The highest BCUT2D eigenvalue weighted by molar-refractivity contribution is 6.02. The first-order valence-electron chi connectivity index (χ1n) is 22.2. The number of rotatable bonds is 8. The molecule has 0 saturated heterocycles. The van der Waals surface area contributed by atoms with Crippen molar-refractivity contribution >= 4 is 18.0 Å². The van der Waals surface area contributed by atoms with Crippen LogP contribution in [0.25, 0.3) is 45.7 Å². The quantitative estimate of drug-likeness (QED) is 0.136. The van der Waals surface area contributed by atoms with E-state index in [0.717, 1.165) is 34.7 Å². The van der Waals surface area contributed by atoms with Gasteiger partial charge in [0.2, 0.25) is 0 Å². The van der Waals surface area contributed by atoms with E-state index in [1.807, 2.05) is 63.2 Å². The molecule has 0 N–H and O–H groups in total. The van der Waals surface area contributed by atoms with Gasteiger partial charge < -0.3 is 0 Å². The zero-order valence-corrected chi connectivity index (χ0v) is 39.2. The largest absolute Gasteiger partial charge is 0.257 e. The Morgan fingerprint density at radius 2 is 1.00 bits per heavy atom. The summed E-state index contributed by atoms with van der Waals surface area (Å²) in [5.74, 6) is 0.659. The predicted octanol–water partition coefficient (Wildman–Crippen LogP) is 15.8. The summed E-state index contributed by atoms with van der Waals surface area (Å²) in [6.07, 6.45) is 1.96. The Kier molecular flexibility index (Phi) is 18.5. The molecule has 0 aliphatic carbocycles. The molecule has 7 aromatic rings. The van der Waals surface area contributed by atoms with Crippen molar-refractivity contribution in [2.24, 2.45) is 4.99 Å². The first-order valence-corrected chi connectivity index (χ1v) is 22.2. The van der Waals surface area contributed by atoms with Crippen molar-refractivity contribution in [3.8, 4) is 33.4 Å². The van der Waals surface area contributed by atoms with Crippen molar-refractivity contribution in [1.82, 2.24) is 0 Å². The highest BCUT2D eigenvalue weighted by Gasteiger charge is 2.18. The van der Waals surface area contributed by atoms with Crippen LogP contribution in [0.2, 0.25) is 0 Å². The Morgan fingerprint density at radius 1 is 0.508 bits per heavy atom. The van der Waals surface area contributed by atoms with E-state index in [4.69, 9.17) is 4.99 Å². The number of hydrogen-bond acceptors (Lipinski definition) is 1. The van der Waals surface area contributed by atoms with Crippen LogP contribution in [-0.2, 0) is 6.42 Å². The zero-order valence-electron chi connectivity index (χ0n) is 39.2. The van der Waals surface area contributed by atoms with E-state index in [9.17, 15) is 0 Å². The van der Waals surface area contributed by atoms with E-state index < -0.39 is 0 Å². The Labute approximate surface area is 369 Å². The molecule has 1 heteroatoms. The molecular formula is C60H69N. The lowest BCUT2D eigenvalue weighted by Crippen LogP contribution is -2.24. The van der Waals surface area contributed by atoms with Crippen LogP contribution in [0.3, 0.4) is 0 Å². The molecule has 0 spiro atoms. The molecule has 0 aliphatic heterocycles. The molecule has 61 heavy (non-hydrogen) atoms. The number of aliphatic imine (C=N–C) groups is 1. The molecule has 314 valence electrons. The average molecular weight is 804 g/mol. The first kappa shape index (κ1) is 47.6. The lowest BCUT2D eigenvalue weighted by Gasteiger charge is -2.21. The number of aryl methyl sites for hydroxylation is 6. The van der Waals surface area contributed by atoms with E-state index >= 15 is 0 Å². The van der Waals surface area contributed by atoms with Crippen molar-refractivity contribution in [3.05, 3.63) is 213 Å². The molecule has 0 amide bonds. The highest BCUT2D eigenvalue weighted by atomic mass is 14.7. The maximum atomic E-state index is 4.79. The molecule has 0 unspecified atom stereocenters. The van der Waals surface area contributed by atoms with Gasteiger partial charge in [-0.05, 0) is 143 Å². The van der Waals surface area contributed by atoms with E-state index in [1.165, 1.54) is 77.9 Å². The van der Waals surface area contributed by atoms with Gasteiger partial charge in [0.15, 0.2) is 0 Å². The van der Waals surface area contributed by atoms with E-state index in [0.29, 0.717) is 5.92 Å². The molecule has 0 atom stereocenters. The van der Waals surface area contributed by atoms with Crippen molar-refractivity contribution in [1.29, 1.82) is 0 Å². The number of hydrogen-bond donors (Lipinski definition) is 0. The lowest BCUT2D eigenvalue weighted by atomic mass is 9.83. The van der Waals surface area contributed by atoms with Crippen LogP contribution in [-0.4, -0.2) is 5.71 Å². The van der Waals surface area contributed by atoms with Crippen molar-refractivity contribution in [2.75, 3.05) is 0 Å². The fourth-order valence-corrected chi connectivity index (χ4v) is 7.78. The maximum Gasteiger partial charge on any atom is 0.0476 e. The standard InChI is InChI=1S/C31H32.C18H19N.C9H12.C2H6/c1-7-25-13-9-11-15-27(25)28-18-24(6)29(19-23(28)5)31-22(4)17-16-21(3)30(31)26-14-10-8-12-20(26)2;1-4-18(16-11-6-5-7-12-16)19-15(3)17-13-9-8-10-14(17)2;1-8(2)9-6-4-3-5-7-9;1-2/h8-19H,7H2,1-6H3;5-13H,2,4H2,1,3H3;3-8H,1-2H3;1-2H3/b;17-15-,19-18?;;. The summed E-state index contributed by atoms with van der Waals surface area (Å²) < 4.78 is 0. The summed E-state index contributed by atoms with van der Waals surface area (Å²) >= 11 is 0. The van der Waals surface area contributed by atoms with Crippen LogP contribution >= 0.6 is 0 Å². The van der Waals surface area contributed by atoms with Crippen LogP contribution in [0.1, 0.15) is 105 Å². The van der Waals surface area contributed by atoms with Crippen LogP contribution in [0.5, 0.6) is 0 Å². The third kappa shape index (κ3) is 12.5. The lowest BCUT2D eigenvalue weighted by molar-refractivity contribution is 0.867. The Balaban J connectivity index is 0.000000230. The molecule has 0 bridgehead atoms. The molecule has 0 saturated carbocycles. The SMILES string of the molecule is C=c1cccc/c1=C(\C)N=C(CC)c1ccccc1.CC.CC(C)c1ccccc1.CCc1ccccc1-c1cc(C)c(-c2c(C)ccc(C)c2-c2ccccc2C)cc1C. The van der Waals surface area contributed by atoms with E-state index in [-0.39, 0.29) is 0 Å². The summed E-state index contributed by atoms with van der Waals surface area (Å²) in [4.78, 5) is 4.79. The van der Waals surface area contributed by atoms with Crippen molar-refractivity contribution in [2.45, 2.75) is 102 Å². The topological polar surface area (TPSA) is 12.4 Å². The second kappa shape index (κ2) is 23.7. The fourth-order valence-electron chi connectivity index (χ4n) is 7.78. The van der Waals surface area contributed by atoms with Crippen LogP contribution < -0.4 is 10.4 Å². The molecule has 7 rings (SSSR count). The van der Waals surface area contributed by atoms with Gasteiger partial charge in [-0.2, -0.15) is 0 Å². The predicted molar refractivity (Wildman–Crippen MR) is 271 cm³/mol. The Hall–Kier alpha value is -6.05. The molecular weight excluding hydrogens is 735 g/mol. The molecule has 7 aromatic carbocycles. The van der Waals surface area contributed by atoms with E-state index in [1.54, 1.807) is 0 Å². The van der Waals surface area contributed by atoms with Gasteiger partial charge in [0, 0.05) is 16.6 Å². The minimum atomic E-state index is 0.659. The summed E-state index contributed by atoms with van der Waals surface area (Å²) in [6.45, 7) is 30.1. The van der Waals surface area contributed by atoms with Gasteiger partial charge in [-0.1, -0.05) is 206 Å². The summed E-state index contributed by atoms with van der Waals surface area (Å²) in [5.41, 5.74) is 20.9. The van der Waals surface area contributed by atoms with Gasteiger partial charge in [-0.3, -0.25) is 4.99 Å². The molecule has 0 aliphatic rings. The highest BCUT2D eigenvalue weighted by Crippen LogP contribution is 2.42. The minimum absolute atomic E-state index is 0.659. The first-order chi connectivity index (χ1) is 29.4. The van der Waals surface area contributed by atoms with Gasteiger partial charge in [-0.25, -0.2) is 0 Å². The third-order valence-corrected chi connectivity index (χ3v) is 11.2. The Bertz CT molecular complexity index is 2610. The molecule has 0 fully saturated rings. The number of benzene rings is 7. The molecule has 0 radical (unpaired) electrons. The van der Waals surface area contributed by atoms with Gasteiger partial charge >= 0.3 is 0 Å². The Morgan fingerprint density at radius 3 is 1.56 bits per heavy atom. The summed E-state index contributed by atoms with van der Waals surface area (Å²) in [7, 11) is 0. The molecule has 0 heterocycles. The van der Waals surface area contributed by atoms with E-state index in [2.05, 4.69) is 184 Å². The van der Waals surface area contributed by atoms with Crippen LogP contribution in [0.4, 0.5) is 0 Å². The van der Waals surface area contributed by atoms with Gasteiger partial charge in [0.1, 0.15) is 0 Å². The second-order valence-electron chi connectivity index (χ2n) is 15.8. The van der Waals surface area contributed by atoms with Gasteiger partial charge in [0.05, 0.1) is 0 Å². The molecule has 0 aromatic heterocycles. The smallest absolute Gasteiger partial charge is 0.0476 e. The van der Waals surface area contributed by atoms with Crippen molar-refractivity contribution in [3.63, 3.8) is 0 Å². The minimum Gasteiger partial charge on any atom is -0.257 e. The average Bonchev–Trinajstić information content (AvgIpc) is 3.29.